The Balaban J connectivity index is 1.76. The van der Waals surface area contributed by atoms with Gasteiger partial charge in [-0.15, -0.1) is 0 Å². The molecule has 0 unspecified atom stereocenters. The quantitative estimate of drug-likeness (QED) is 0.837. The summed E-state index contributed by atoms with van der Waals surface area (Å²) in [5, 5.41) is 8.80. The normalized spacial score (nSPS) is 22.1. The second kappa shape index (κ2) is 6.92. The Morgan fingerprint density at radius 3 is 2.05 bits per heavy atom. The predicted molar refractivity (Wildman–Crippen MR) is 75.6 cm³/mol. The number of piperidine rings is 1. The van der Waals surface area contributed by atoms with Crippen LogP contribution in [0.3, 0.4) is 0 Å². The maximum absolute atomic E-state index is 12.4. The number of carbonyl (C=O) groups is 2. The highest BCUT2D eigenvalue weighted by molar-refractivity contribution is 5.74. The number of carbonyl (C=O) groups excluding carboxylic acids is 1. The number of carboxylic acids is 1. The number of rotatable bonds is 3. The van der Waals surface area contributed by atoms with Gasteiger partial charge in [-0.05, 0) is 25.3 Å². The molecule has 0 spiro atoms. The van der Waals surface area contributed by atoms with Gasteiger partial charge in [0.15, 0.2) is 0 Å². The van der Waals surface area contributed by atoms with E-state index >= 15 is 0 Å². The number of urea groups is 1. The molecule has 0 radical (unpaired) electrons. The molecule has 0 aromatic heterocycles. The summed E-state index contributed by atoms with van der Waals surface area (Å²) in [5.41, 5.74) is 0. The van der Waals surface area contributed by atoms with Crippen LogP contribution in [0.2, 0.25) is 0 Å². The average Bonchev–Trinajstić information content (AvgIpc) is 2.47. The van der Waals surface area contributed by atoms with Crippen LogP contribution in [0.15, 0.2) is 0 Å². The van der Waals surface area contributed by atoms with Gasteiger partial charge in [0.2, 0.25) is 0 Å². The largest absolute Gasteiger partial charge is 0.481 e. The van der Waals surface area contributed by atoms with Gasteiger partial charge in [-0.1, -0.05) is 6.92 Å². The first-order valence-electron chi connectivity index (χ1n) is 7.58. The number of nitrogens with zero attached hydrogens (tertiary/aromatic N) is 3. The molecule has 2 aliphatic rings. The van der Waals surface area contributed by atoms with Gasteiger partial charge >= 0.3 is 12.0 Å². The predicted octanol–water partition coefficient (Wildman–Crippen LogP) is 0.931. The van der Waals surface area contributed by atoms with Gasteiger partial charge in [0.05, 0.1) is 0 Å². The van der Waals surface area contributed by atoms with Gasteiger partial charge in [0, 0.05) is 45.7 Å². The lowest BCUT2D eigenvalue weighted by molar-refractivity contribution is -0.138. The lowest BCUT2D eigenvalue weighted by Gasteiger charge is -2.39. The first-order valence-corrected chi connectivity index (χ1v) is 7.58. The van der Waals surface area contributed by atoms with E-state index in [1.807, 2.05) is 9.80 Å². The molecule has 2 amide bonds. The minimum atomic E-state index is -0.731. The van der Waals surface area contributed by atoms with Gasteiger partial charge in [-0.25, -0.2) is 4.79 Å². The Bertz CT molecular complexity index is 346. The molecule has 114 valence electrons. The highest BCUT2D eigenvalue weighted by atomic mass is 16.4. The number of amides is 2. The number of likely N-dealkylation sites (N-methyl/N-ethyl adjacent to an activating group) is 1. The number of hydrogen-bond acceptors (Lipinski definition) is 3. The number of likely N-dealkylation sites (tertiary alicyclic amines) is 1. The van der Waals surface area contributed by atoms with Crippen LogP contribution in [0, 0.1) is 5.92 Å². The Labute approximate surface area is 120 Å². The number of piperazine rings is 1. The molecule has 2 rings (SSSR count). The Hall–Kier alpha value is -1.30. The van der Waals surface area contributed by atoms with Crippen molar-refractivity contribution < 1.29 is 14.7 Å². The zero-order chi connectivity index (χ0) is 14.5. The molecule has 2 aliphatic heterocycles. The summed E-state index contributed by atoms with van der Waals surface area (Å²) < 4.78 is 0. The molecule has 0 atom stereocenters. The van der Waals surface area contributed by atoms with Crippen LogP contribution in [0.5, 0.6) is 0 Å². The summed E-state index contributed by atoms with van der Waals surface area (Å²) in [6, 6.07) is 0.134. The van der Waals surface area contributed by atoms with Crippen molar-refractivity contribution >= 4 is 12.0 Å². The molecule has 0 aromatic rings. The van der Waals surface area contributed by atoms with E-state index in [1.54, 1.807) is 0 Å². The van der Waals surface area contributed by atoms with Crippen molar-refractivity contribution in [2.75, 3.05) is 45.8 Å². The fourth-order valence-electron chi connectivity index (χ4n) is 3.03. The average molecular weight is 283 g/mol. The van der Waals surface area contributed by atoms with E-state index < -0.39 is 5.97 Å². The summed E-state index contributed by atoms with van der Waals surface area (Å²) in [5.74, 6) is -0.501. The molecule has 20 heavy (non-hydrogen) atoms. The smallest absolute Gasteiger partial charge is 0.320 e. The molecule has 2 saturated heterocycles. The van der Waals surface area contributed by atoms with Crippen LogP contribution >= 0.6 is 0 Å². The molecule has 6 nitrogen and oxygen atoms in total. The summed E-state index contributed by atoms with van der Waals surface area (Å²) in [6.45, 7) is 8.11. The van der Waals surface area contributed by atoms with Crippen molar-refractivity contribution in [3.05, 3.63) is 0 Å². The molecule has 1 N–H and O–H groups in total. The number of hydrogen-bond donors (Lipinski definition) is 1. The second-order valence-corrected chi connectivity index (χ2v) is 5.73. The van der Waals surface area contributed by atoms with E-state index in [0.717, 1.165) is 45.6 Å². The lowest BCUT2D eigenvalue weighted by atomic mass is 9.94. The van der Waals surface area contributed by atoms with Gasteiger partial charge < -0.3 is 19.8 Å². The van der Waals surface area contributed by atoms with Crippen molar-refractivity contribution in [3.63, 3.8) is 0 Å². The van der Waals surface area contributed by atoms with Crippen LogP contribution in [-0.2, 0) is 4.79 Å². The van der Waals surface area contributed by atoms with Crippen molar-refractivity contribution in [1.82, 2.24) is 14.7 Å². The van der Waals surface area contributed by atoms with Crippen LogP contribution in [0.25, 0.3) is 0 Å². The summed E-state index contributed by atoms with van der Waals surface area (Å²) in [4.78, 5) is 29.3. The second-order valence-electron chi connectivity index (χ2n) is 5.73. The highest BCUT2D eigenvalue weighted by Gasteiger charge is 2.28. The molecular weight excluding hydrogens is 258 g/mol. The van der Waals surface area contributed by atoms with Crippen LogP contribution in [0.1, 0.15) is 26.2 Å². The number of aliphatic carboxylic acids is 1. The molecule has 0 aliphatic carbocycles. The minimum Gasteiger partial charge on any atom is -0.481 e. The molecule has 6 heteroatoms. The van der Waals surface area contributed by atoms with E-state index in [9.17, 15) is 9.59 Å². The summed E-state index contributed by atoms with van der Waals surface area (Å²) in [6.07, 6.45) is 1.86. The monoisotopic (exact) mass is 283 g/mol. The van der Waals surface area contributed by atoms with Gasteiger partial charge in [0.1, 0.15) is 0 Å². The standard InChI is InChI=1S/C14H25N3O3/c1-2-15-7-9-17(10-8-15)14(20)16-5-3-12(4-6-16)11-13(18)19/h12H,2-11H2,1H3,(H,18,19). The first kappa shape index (κ1) is 15.1. The van der Waals surface area contributed by atoms with Crippen molar-refractivity contribution in [3.8, 4) is 0 Å². The van der Waals surface area contributed by atoms with Crippen molar-refractivity contribution in [2.45, 2.75) is 26.2 Å². The molecule has 0 saturated carbocycles. The fraction of sp³-hybridized carbons (Fsp3) is 0.857. The first-order chi connectivity index (χ1) is 9.60. The SMILES string of the molecule is CCN1CCN(C(=O)N2CCC(CC(=O)O)CC2)CC1. The van der Waals surface area contributed by atoms with E-state index in [0.29, 0.717) is 13.1 Å². The third kappa shape index (κ3) is 3.85. The zero-order valence-electron chi connectivity index (χ0n) is 12.3. The third-order valence-electron chi connectivity index (χ3n) is 4.44. The highest BCUT2D eigenvalue weighted by Crippen LogP contribution is 2.21. The number of carboxylic acid groups (broad SMARTS) is 1. The molecule has 2 fully saturated rings. The maximum Gasteiger partial charge on any atom is 0.320 e. The summed E-state index contributed by atoms with van der Waals surface area (Å²) in [7, 11) is 0. The minimum absolute atomic E-state index is 0.134. The zero-order valence-corrected chi connectivity index (χ0v) is 12.3. The molecule has 2 heterocycles. The van der Waals surface area contributed by atoms with Crippen LogP contribution in [0.4, 0.5) is 4.79 Å². The Morgan fingerprint density at radius 2 is 1.55 bits per heavy atom. The van der Waals surface area contributed by atoms with Gasteiger partial charge in [-0.2, -0.15) is 0 Å². The van der Waals surface area contributed by atoms with E-state index in [-0.39, 0.29) is 18.4 Å². The van der Waals surface area contributed by atoms with Gasteiger partial charge in [-0.3, -0.25) is 4.79 Å². The van der Waals surface area contributed by atoms with Crippen LogP contribution in [-0.4, -0.2) is 77.6 Å². The molecular formula is C14H25N3O3. The third-order valence-corrected chi connectivity index (χ3v) is 4.44. The van der Waals surface area contributed by atoms with E-state index in [2.05, 4.69) is 11.8 Å². The van der Waals surface area contributed by atoms with Crippen molar-refractivity contribution in [2.24, 2.45) is 5.92 Å². The Morgan fingerprint density at radius 1 is 1.00 bits per heavy atom. The van der Waals surface area contributed by atoms with Crippen LogP contribution < -0.4 is 0 Å². The fourth-order valence-corrected chi connectivity index (χ4v) is 3.03. The molecule has 0 aromatic carbocycles. The Kier molecular flexibility index (Phi) is 5.23. The van der Waals surface area contributed by atoms with E-state index in [1.165, 1.54) is 0 Å². The van der Waals surface area contributed by atoms with E-state index in [4.69, 9.17) is 5.11 Å². The lowest BCUT2D eigenvalue weighted by Crippen LogP contribution is -2.54. The van der Waals surface area contributed by atoms with Crippen molar-refractivity contribution in [1.29, 1.82) is 0 Å². The summed E-state index contributed by atoms with van der Waals surface area (Å²) >= 11 is 0. The maximum atomic E-state index is 12.4. The topological polar surface area (TPSA) is 64.1 Å². The van der Waals surface area contributed by atoms with Gasteiger partial charge in [0.25, 0.3) is 0 Å². The molecule has 0 bridgehead atoms.